The monoisotopic (exact) mass is 370 g/mol. The summed E-state index contributed by atoms with van der Waals surface area (Å²) >= 11 is 0. The van der Waals surface area contributed by atoms with E-state index >= 15 is 0 Å². The lowest BCUT2D eigenvalue weighted by Crippen LogP contribution is -2.48. The van der Waals surface area contributed by atoms with Gasteiger partial charge < -0.3 is 21.3 Å². The number of nitrogens with zero attached hydrogens (tertiary/aromatic N) is 1. The fourth-order valence-corrected chi connectivity index (χ4v) is 1.91. The molecule has 0 aromatic heterocycles. The number of likely N-dealkylation sites (N-methyl/N-ethyl adjacent to an activating group) is 1. The minimum absolute atomic E-state index is 0. The van der Waals surface area contributed by atoms with E-state index in [0.29, 0.717) is 6.54 Å². The van der Waals surface area contributed by atoms with Crippen LogP contribution in [0.4, 0.5) is 0 Å². The lowest BCUT2D eigenvalue weighted by Gasteiger charge is -2.18. The number of nitrogens with two attached hydrogens (primary N) is 1. The van der Waals surface area contributed by atoms with Crippen LogP contribution in [0.1, 0.15) is 19.4 Å². The highest BCUT2D eigenvalue weighted by Crippen LogP contribution is 2.02. The van der Waals surface area contributed by atoms with Gasteiger partial charge in [-0.05, 0) is 11.5 Å². The highest BCUT2D eigenvalue weighted by Gasteiger charge is 2.18. The number of hydrogen-bond acceptors (Lipinski definition) is 4. The first-order valence-corrected chi connectivity index (χ1v) is 7.89. The van der Waals surface area contributed by atoms with E-state index in [4.69, 9.17) is 5.73 Å². The molecule has 1 atom stereocenters. The molecule has 0 spiro atoms. The van der Waals surface area contributed by atoms with Crippen LogP contribution in [0.2, 0.25) is 0 Å². The topological polar surface area (TPSA) is 105 Å². The molecule has 0 saturated carbocycles. The van der Waals surface area contributed by atoms with Gasteiger partial charge in [0, 0.05) is 13.6 Å². The second-order valence-electron chi connectivity index (χ2n) is 6.00. The summed E-state index contributed by atoms with van der Waals surface area (Å²) in [5.74, 6) is -1.04. The zero-order chi connectivity index (χ0) is 18.1. The first-order valence-electron chi connectivity index (χ1n) is 7.89. The number of hydrogen-bond donors (Lipinski definition) is 3. The Morgan fingerprint density at radius 1 is 1.08 bits per heavy atom. The van der Waals surface area contributed by atoms with Gasteiger partial charge in [0.05, 0.1) is 19.1 Å². The average molecular weight is 371 g/mol. The van der Waals surface area contributed by atoms with Crippen LogP contribution in [-0.2, 0) is 20.9 Å². The fraction of sp³-hybridized carbons (Fsp3) is 0.471. The molecular weight excluding hydrogens is 344 g/mol. The van der Waals surface area contributed by atoms with Gasteiger partial charge >= 0.3 is 0 Å². The smallest absolute Gasteiger partial charge is 0.242 e. The van der Waals surface area contributed by atoms with E-state index in [0.717, 1.165) is 5.56 Å². The van der Waals surface area contributed by atoms with Crippen LogP contribution >= 0.6 is 12.4 Å². The second kappa shape index (κ2) is 11.4. The van der Waals surface area contributed by atoms with Crippen molar-refractivity contribution in [3.63, 3.8) is 0 Å². The number of amides is 3. The van der Waals surface area contributed by atoms with Gasteiger partial charge in [-0.25, -0.2) is 0 Å². The summed E-state index contributed by atoms with van der Waals surface area (Å²) in [6.07, 6.45) is 0. The molecular formula is C17H27ClN4O3. The highest BCUT2D eigenvalue weighted by molar-refractivity contribution is 5.89. The molecule has 140 valence electrons. The van der Waals surface area contributed by atoms with Gasteiger partial charge in [-0.2, -0.15) is 0 Å². The second-order valence-corrected chi connectivity index (χ2v) is 6.00. The van der Waals surface area contributed by atoms with Crippen molar-refractivity contribution in [2.24, 2.45) is 11.7 Å². The molecule has 0 heterocycles. The van der Waals surface area contributed by atoms with Crippen molar-refractivity contribution in [2.45, 2.75) is 26.4 Å². The van der Waals surface area contributed by atoms with E-state index in [1.807, 2.05) is 44.2 Å². The summed E-state index contributed by atoms with van der Waals surface area (Å²) in [5, 5.41) is 4.94. The standard InChI is InChI=1S/C17H26N4O3.ClH/c1-12(2)16(18)17(24)20-9-14(22)19-10-15(23)21(3)11-13-7-5-4-6-8-13;/h4-8,12,16H,9-11,18H2,1-3H3,(H,19,22)(H,20,24);1H/t16-;/m0./s1. The summed E-state index contributed by atoms with van der Waals surface area (Å²) in [6.45, 7) is 3.80. The van der Waals surface area contributed by atoms with E-state index < -0.39 is 11.9 Å². The van der Waals surface area contributed by atoms with Crippen LogP contribution in [0.15, 0.2) is 30.3 Å². The van der Waals surface area contributed by atoms with Gasteiger partial charge in [-0.1, -0.05) is 44.2 Å². The SMILES string of the molecule is CC(C)[C@H](N)C(=O)NCC(=O)NCC(=O)N(C)Cc1ccccc1.Cl. The van der Waals surface area contributed by atoms with Crippen LogP contribution in [0, 0.1) is 5.92 Å². The summed E-state index contributed by atoms with van der Waals surface area (Å²) < 4.78 is 0. The quantitative estimate of drug-likeness (QED) is 0.611. The van der Waals surface area contributed by atoms with Crippen molar-refractivity contribution in [1.29, 1.82) is 0 Å². The minimum atomic E-state index is -0.656. The van der Waals surface area contributed by atoms with E-state index in [1.165, 1.54) is 4.90 Å². The van der Waals surface area contributed by atoms with Crippen LogP contribution in [0.5, 0.6) is 0 Å². The molecule has 0 unspecified atom stereocenters. The van der Waals surface area contributed by atoms with Gasteiger partial charge in [0.25, 0.3) is 0 Å². The lowest BCUT2D eigenvalue weighted by atomic mass is 10.1. The maximum Gasteiger partial charge on any atom is 0.242 e. The first kappa shape index (κ1) is 22.9. The predicted octanol–water partition coefficient (Wildman–Crippen LogP) is 0.283. The van der Waals surface area contributed by atoms with Gasteiger partial charge in [-0.3, -0.25) is 14.4 Å². The van der Waals surface area contributed by atoms with Crippen LogP contribution in [0.3, 0.4) is 0 Å². The fourth-order valence-electron chi connectivity index (χ4n) is 1.91. The van der Waals surface area contributed by atoms with Crippen molar-refractivity contribution in [1.82, 2.24) is 15.5 Å². The summed E-state index contributed by atoms with van der Waals surface area (Å²) in [5.41, 5.74) is 6.69. The molecule has 4 N–H and O–H groups in total. The molecule has 0 fully saturated rings. The third kappa shape index (κ3) is 8.51. The van der Waals surface area contributed by atoms with Gasteiger partial charge in [-0.15, -0.1) is 12.4 Å². The number of nitrogens with one attached hydrogen (secondary N) is 2. The van der Waals surface area contributed by atoms with E-state index in [-0.39, 0.29) is 43.2 Å². The molecule has 3 amide bonds. The lowest BCUT2D eigenvalue weighted by molar-refractivity contribution is -0.132. The van der Waals surface area contributed by atoms with Crippen molar-refractivity contribution in [2.75, 3.05) is 20.1 Å². The molecule has 0 bridgehead atoms. The molecule has 25 heavy (non-hydrogen) atoms. The van der Waals surface area contributed by atoms with Crippen molar-refractivity contribution in [3.8, 4) is 0 Å². The maximum atomic E-state index is 12.0. The van der Waals surface area contributed by atoms with Crippen LogP contribution in [-0.4, -0.2) is 48.8 Å². The average Bonchev–Trinajstić information content (AvgIpc) is 2.57. The largest absolute Gasteiger partial charge is 0.346 e. The normalized spacial score (nSPS) is 11.2. The van der Waals surface area contributed by atoms with E-state index in [1.54, 1.807) is 7.05 Å². The summed E-state index contributed by atoms with van der Waals surface area (Å²) in [7, 11) is 1.67. The van der Waals surface area contributed by atoms with Crippen molar-refractivity contribution >= 4 is 30.1 Å². The Balaban J connectivity index is 0.00000576. The van der Waals surface area contributed by atoms with E-state index in [2.05, 4.69) is 10.6 Å². The Morgan fingerprint density at radius 2 is 1.68 bits per heavy atom. The molecule has 0 radical (unpaired) electrons. The molecule has 8 heteroatoms. The Kier molecular flexibility index (Phi) is 10.5. The maximum absolute atomic E-state index is 12.0. The Bertz CT molecular complexity index is 566. The Hall–Kier alpha value is -2.12. The zero-order valence-corrected chi connectivity index (χ0v) is 15.6. The summed E-state index contributed by atoms with van der Waals surface area (Å²) in [6, 6.07) is 8.91. The molecule has 1 aromatic rings. The zero-order valence-electron chi connectivity index (χ0n) is 14.8. The first-order chi connectivity index (χ1) is 11.3. The third-order valence-electron chi connectivity index (χ3n) is 3.57. The van der Waals surface area contributed by atoms with Gasteiger partial charge in [0.2, 0.25) is 17.7 Å². The number of benzene rings is 1. The molecule has 0 saturated heterocycles. The van der Waals surface area contributed by atoms with Crippen molar-refractivity contribution in [3.05, 3.63) is 35.9 Å². The van der Waals surface area contributed by atoms with Crippen molar-refractivity contribution < 1.29 is 14.4 Å². The molecule has 1 rings (SSSR count). The highest BCUT2D eigenvalue weighted by atomic mass is 35.5. The van der Waals surface area contributed by atoms with Crippen LogP contribution in [0.25, 0.3) is 0 Å². The number of rotatable bonds is 8. The molecule has 0 aliphatic carbocycles. The predicted molar refractivity (Wildman–Crippen MR) is 99.0 cm³/mol. The number of halogens is 1. The Labute approximate surface area is 154 Å². The molecule has 0 aliphatic heterocycles. The number of carbonyl (C=O) groups excluding carboxylic acids is 3. The van der Waals surface area contributed by atoms with Gasteiger partial charge in [0.1, 0.15) is 0 Å². The van der Waals surface area contributed by atoms with Crippen LogP contribution < -0.4 is 16.4 Å². The molecule has 7 nitrogen and oxygen atoms in total. The number of carbonyl (C=O) groups is 3. The van der Waals surface area contributed by atoms with Gasteiger partial charge in [0.15, 0.2) is 0 Å². The molecule has 0 aliphatic rings. The third-order valence-corrected chi connectivity index (χ3v) is 3.57. The minimum Gasteiger partial charge on any atom is -0.346 e. The Morgan fingerprint density at radius 3 is 2.24 bits per heavy atom. The molecule has 1 aromatic carbocycles. The summed E-state index contributed by atoms with van der Waals surface area (Å²) in [4.78, 5) is 36.9. The van der Waals surface area contributed by atoms with E-state index in [9.17, 15) is 14.4 Å².